The van der Waals surface area contributed by atoms with Gasteiger partial charge in [-0.3, -0.25) is 4.98 Å². The minimum atomic E-state index is -4.41. The predicted octanol–water partition coefficient (Wildman–Crippen LogP) is 2.82. The molecular formula is C21H23F5N8. The van der Waals surface area contributed by atoms with E-state index >= 15 is 0 Å². The summed E-state index contributed by atoms with van der Waals surface area (Å²) in [6.07, 6.45) is -0.0684. The second-order valence-electron chi connectivity index (χ2n) is 7.67. The van der Waals surface area contributed by atoms with Crippen LogP contribution in [-0.2, 0) is 0 Å². The van der Waals surface area contributed by atoms with Gasteiger partial charge in [0.05, 0.1) is 29.8 Å². The molecule has 2 aromatic rings. The number of halogens is 5. The van der Waals surface area contributed by atoms with Gasteiger partial charge in [0.1, 0.15) is 12.2 Å². The van der Waals surface area contributed by atoms with Gasteiger partial charge in [0, 0.05) is 48.8 Å². The fourth-order valence-electron chi connectivity index (χ4n) is 3.32. The molecule has 0 radical (unpaired) electrons. The van der Waals surface area contributed by atoms with E-state index in [0.29, 0.717) is 17.8 Å². The Kier molecular flexibility index (Phi) is 7.44. The molecular weight excluding hydrogens is 459 g/mol. The monoisotopic (exact) mass is 482 g/mol. The van der Waals surface area contributed by atoms with Crippen LogP contribution in [0.1, 0.15) is 17.8 Å². The first-order valence-electron chi connectivity index (χ1n) is 10.1. The highest BCUT2D eigenvalue weighted by Crippen LogP contribution is 2.26. The summed E-state index contributed by atoms with van der Waals surface area (Å²) in [7, 11) is 0. The number of aromatic nitrogens is 3. The molecule has 1 aliphatic rings. The number of nitrogens with one attached hydrogen (secondary N) is 4. The molecule has 6 N–H and O–H groups in total. The minimum absolute atomic E-state index is 0.0440. The van der Waals surface area contributed by atoms with E-state index in [2.05, 4.69) is 37.5 Å². The van der Waals surface area contributed by atoms with Gasteiger partial charge >= 0.3 is 6.18 Å². The lowest BCUT2D eigenvalue weighted by Crippen LogP contribution is -2.51. The summed E-state index contributed by atoms with van der Waals surface area (Å²) in [5, 5.41) is 15.2. The number of rotatable bonds is 8. The second-order valence-corrected chi connectivity index (χ2v) is 7.67. The molecule has 2 aromatic heterocycles. The Morgan fingerprint density at radius 1 is 1.35 bits per heavy atom. The molecule has 8 nitrogen and oxygen atoms in total. The lowest BCUT2D eigenvalue weighted by Gasteiger charge is -2.31. The van der Waals surface area contributed by atoms with Crippen molar-refractivity contribution in [1.82, 2.24) is 30.9 Å². The van der Waals surface area contributed by atoms with Crippen molar-refractivity contribution in [2.24, 2.45) is 0 Å². The van der Waals surface area contributed by atoms with Gasteiger partial charge in [-0.15, -0.1) is 0 Å². The van der Waals surface area contributed by atoms with Gasteiger partial charge in [-0.05, 0) is 12.1 Å². The van der Waals surface area contributed by atoms with Gasteiger partial charge in [-0.2, -0.15) is 13.2 Å². The number of anilines is 1. The molecule has 0 aromatic carbocycles. The van der Waals surface area contributed by atoms with Crippen molar-refractivity contribution in [2.75, 3.05) is 25.4 Å². The fourth-order valence-corrected chi connectivity index (χ4v) is 3.32. The van der Waals surface area contributed by atoms with Crippen LogP contribution in [0.2, 0.25) is 0 Å². The third kappa shape index (κ3) is 6.70. The summed E-state index contributed by atoms with van der Waals surface area (Å²) in [6.45, 7) is 2.53. The zero-order valence-electron chi connectivity index (χ0n) is 17.9. The van der Waals surface area contributed by atoms with Crippen molar-refractivity contribution >= 4 is 23.3 Å². The highest BCUT2D eigenvalue weighted by Gasteiger charge is 2.36. The molecule has 1 saturated heterocycles. The first-order chi connectivity index (χ1) is 16.0. The van der Waals surface area contributed by atoms with Crippen molar-refractivity contribution in [3.63, 3.8) is 0 Å². The van der Waals surface area contributed by atoms with Crippen LogP contribution in [0.15, 0.2) is 37.3 Å². The van der Waals surface area contributed by atoms with Crippen molar-refractivity contribution < 1.29 is 22.0 Å². The van der Waals surface area contributed by atoms with Crippen LogP contribution in [0.5, 0.6) is 0 Å². The summed E-state index contributed by atoms with van der Waals surface area (Å²) in [4.78, 5) is 12.6. The van der Waals surface area contributed by atoms with E-state index in [1.807, 2.05) is 0 Å². The Bertz CT molecular complexity index is 1080. The molecule has 3 heterocycles. The highest BCUT2D eigenvalue weighted by atomic mass is 19.4. The van der Waals surface area contributed by atoms with E-state index in [9.17, 15) is 22.0 Å². The van der Waals surface area contributed by atoms with Gasteiger partial charge in [0.25, 0.3) is 5.92 Å². The molecule has 0 amide bonds. The molecule has 13 heteroatoms. The average molecular weight is 482 g/mol. The molecule has 182 valence electrons. The Labute approximate surface area is 192 Å². The van der Waals surface area contributed by atoms with Crippen LogP contribution in [0.25, 0.3) is 22.5 Å². The lowest BCUT2D eigenvalue weighted by molar-refractivity contribution is -0.122. The third-order valence-corrected chi connectivity index (χ3v) is 4.85. The lowest BCUT2D eigenvalue weighted by atomic mass is 10.0. The van der Waals surface area contributed by atoms with E-state index in [4.69, 9.17) is 11.1 Å². The molecule has 1 aliphatic heterocycles. The van der Waals surface area contributed by atoms with Gasteiger partial charge < -0.3 is 27.1 Å². The first kappa shape index (κ1) is 25.0. The number of nitrogen functional groups attached to an aromatic ring is 1. The summed E-state index contributed by atoms with van der Waals surface area (Å²) >= 11 is 0. The molecule has 1 atom stereocenters. The Hall–Kier alpha value is -3.61. The number of piperidine rings is 1. The van der Waals surface area contributed by atoms with Crippen LogP contribution in [0.3, 0.4) is 0 Å². The summed E-state index contributed by atoms with van der Waals surface area (Å²) < 4.78 is 64.5. The number of pyridine rings is 1. The van der Waals surface area contributed by atoms with E-state index in [-0.39, 0.29) is 34.9 Å². The van der Waals surface area contributed by atoms with Crippen LogP contribution >= 0.6 is 0 Å². The molecule has 0 saturated carbocycles. The molecule has 1 fully saturated rings. The number of hydrogen-bond acceptors (Lipinski definition) is 8. The zero-order chi connectivity index (χ0) is 24.9. The molecule has 0 spiro atoms. The van der Waals surface area contributed by atoms with Gasteiger partial charge in [-0.25, -0.2) is 18.7 Å². The molecule has 0 aliphatic carbocycles. The number of hydrogen-bond donors (Lipinski definition) is 5. The predicted molar refractivity (Wildman–Crippen MR) is 119 cm³/mol. The van der Waals surface area contributed by atoms with Crippen LogP contribution in [-0.4, -0.2) is 58.9 Å². The summed E-state index contributed by atoms with van der Waals surface area (Å²) in [5.41, 5.74) is 7.52. The fraction of sp³-hybridized carbons (Fsp3) is 0.333. The van der Waals surface area contributed by atoms with Gasteiger partial charge in [0.15, 0.2) is 5.82 Å². The summed E-state index contributed by atoms with van der Waals surface area (Å²) in [5.74, 6) is -2.81. The van der Waals surface area contributed by atoms with E-state index in [1.54, 1.807) is 6.07 Å². The maximum atomic E-state index is 13.7. The van der Waals surface area contributed by atoms with E-state index < -0.39 is 31.2 Å². The quantitative estimate of drug-likeness (QED) is 0.290. The number of nitrogens with zero attached hydrogens (tertiary/aromatic N) is 3. The Balaban J connectivity index is 1.81. The van der Waals surface area contributed by atoms with Crippen molar-refractivity contribution in [2.45, 2.75) is 24.6 Å². The molecule has 1 unspecified atom stereocenters. The van der Waals surface area contributed by atoms with Gasteiger partial charge in [-0.1, -0.05) is 6.58 Å². The maximum Gasteiger partial charge on any atom is 0.405 e. The SMILES string of the molecule is C=C(NC1CNCC(F)(F)C1)c1nc(-c2ccnc(/C(C=N)=C/NCC(F)(F)F)c2)cnc1N. The Morgan fingerprint density at radius 3 is 2.79 bits per heavy atom. The summed E-state index contributed by atoms with van der Waals surface area (Å²) in [6, 6.07) is 2.54. The molecule has 3 rings (SSSR count). The van der Waals surface area contributed by atoms with Crippen molar-refractivity contribution in [3.05, 3.63) is 48.7 Å². The third-order valence-electron chi connectivity index (χ3n) is 4.85. The minimum Gasteiger partial charge on any atom is -0.382 e. The largest absolute Gasteiger partial charge is 0.405 e. The standard InChI is InChI=1S/C21H23F5N8/c1-12(33-15-5-20(22,23)10-30-8-15)18-19(28)32-9-17(34-18)13-2-3-31-16(4-13)14(6-27)7-29-11-21(24,25)26/h2-4,6-7,9,15,27,29-30,33H,1,5,8,10-11H2,(H2,28,32)/b14-7+,27-6?. The second kappa shape index (κ2) is 10.1. The smallest absolute Gasteiger partial charge is 0.382 e. The normalized spacial score (nSPS) is 18.3. The zero-order valence-corrected chi connectivity index (χ0v) is 17.9. The van der Waals surface area contributed by atoms with E-state index in [1.165, 1.54) is 18.5 Å². The maximum absolute atomic E-state index is 13.7. The first-order valence-corrected chi connectivity index (χ1v) is 10.1. The Morgan fingerprint density at radius 2 is 2.12 bits per heavy atom. The van der Waals surface area contributed by atoms with Crippen LogP contribution < -0.4 is 21.7 Å². The van der Waals surface area contributed by atoms with E-state index in [0.717, 1.165) is 12.4 Å². The van der Waals surface area contributed by atoms with Crippen molar-refractivity contribution in [3.8, 4) is 11.3 Å². The topological polar surface area (TPSA) is 125 Å². The number of nitrogens with two attached hydrogens (primary N) is 1. The highest BCUT2D eigenvalue weighted by molar-refractivity contribution is 6.07. The number of allylic oxidation sites excluding steroid dienone is 1. The average Bonchev–Trinajstić information content (AvgIpc) is 2.75. The van der Waals surface area contributed by atoms with Crippen molar-refractivity contribution in [1.29, 1.82) is 5.41 Å². The number of alkyl halides is 5. The van der Waals surface area contributed by atoms with Crippen LogP contribution in [0, 0.1) is 5.41 Å². The molecule has 34 heavy (non-hydrogen) atoms. The molecule has 0 bridgehead atoms. The van der Waals surface area contributed by atoms with Crippen LogP contribution in [0.4, 0.5) is 27.8 Å². The van der Waals surface area contributed by atoms with Gasteiger partial charge in [0.2, 0.25) is 0 Å².